The van der Waals surface area contributed by atoms with Crippen molar-refractivity contribution in [3.05, 3.63) is 20.8 Å². The van der Waals surface area contributed by atoms with E-state index in [1.807, 2.05) is 4.98 Å². The summed E-state index contributed by atoms with van der Waals surface area (Å²) in [6.07, 6.45) is 0. The summed E-state index contributed by atoms with van der Waals surface area (Å²) in [4.78, 5) is 36.6. The Kier molecular flexibility index (Phi) is 2.97. The highest BCUT2D eigenvalue weighted by Gasteiger charge is 2.08. The molecule has 0 saturated heterocycles. The number of H-pyrrole nitrogens is 2. The topological polar surface area (TPSA) is 135 Å². The van der Waals surface area contributed by atoms with Gasteiger partial charge in [0.2, 0.25) is 5.91 Å². The summed E-state index contributed by atoms with van der Waals surface area (Å²) in [5.74, 6) is -0.704. The number of carbonyl (C=O) groups excluding carboxylic acids is 1. The highest BCUT2D eigenvalue weighted by atomic mass is 32.2. The molecule has 7 nitrogen and oxygen atoms in total. The number of rotatable bonds is 3. The molecule has 1 rings (SSSR count). The van der Waals surface area contributed by atoms with Crippen LogP contribution in [0, 0.1) is 0 Å². The van der Waals surface area contributed by atoms with Gasteiger partial charge in [0, 0.05) is 0 Å². The summed E-state index contributed by atoms with van der Waals surface area (Å²) in [6, 6.07) is 0. The van der Waals surface area contributed by atoms with Gasteiger partial charge in [-0.2, -0.15) is 0 Å². The third-order valence-corrected chi connectivity index (χ3v) is 2.41. The van der Waals surface area contributed by atoms with Crippen LogP contribution in [0.4, 0.5) is 5.82 Å². The highest BCUT2D eigenvalue weighted by molar-refractivity contribution is 8.00. The third kappa shape index (κ3) is 2.39. The monoisotopic (exact) mass is 216 g/mol. The molecule has 1 heterocycles. The van der Waals surface area contributed by atoms with Gasteiger partial charge < -0.3 is 11.5 Å². The van der Waals surface area contributed by atoms with Gasteiger partial charge in [-0.3, -0.25) is 19.6 Å². The van der Waals surface area contributed by atoms with Gasteiger partial charge in [0.25, 0.3) is 5.56 Å². The zero-order valence-electron chi connectivity index (χ0n) is 6.99. The van der Waals surface area contributed by atoms with Crippen molar-refractivity contribution in [2.24, 2.45) is 5.73 Å². The van der Waals surface area contributed by atoms with Crippen LogP contribution in [0.2, 0.25) is 0 Å². The van der Waals surface area contributed by atoms with Crippen molar-refractivity contribution < 1.29 is 4.79 Å². The van der Waals surface area contributed by atoms with Gasteiger partial charge in [0.1, 0.15) is 10.7 Å². The maximum atomic E-state index is 11.1. The van der Waals surface area contributed by atoms with E-state index in [1.54, 1.807) is 0 Å². The molecule has 0 spiro atoms. The van der Waals surface area contributed by atoms with Crippen molar-refractivity contribution in [2.75, 3.05) is 11.5 Å². The lowest BCUT2D eigenvalue weighted by atomic mass is 10.6. The van der Waals surface area contributed by atoms with E-state index >= 15 is 0 Å². The van der Waals surface area contributed by atoms with Crippen molar-refractivity contribution in [2.45, 2.75) is 4.90 Å². The summed E-state index contributed by atoms with van der Waals surface area (Å²) in [6.45, 7) is 0. The Morgan fingerprint density at radius 3 is 2.50 bits per heavy atom. The molecule has 0 aliphatic carbocycles. The normalized spacial score (nSPS) is 10.0. The number of nitrogens with one attached hydrogen (secondary N) is 2. The van der Waals surface area contributed by atoms with Gasteiger partial charge in [-0.15, -0.1) is 11.8 Å². The van der Waals surface area contributed by atoms with Crippen molar-refractivity contribution in [1.82, 2.24) is 9.97 Å². The minimum absolute atomic E-state index is 0.0648. The fourth-order valence-corrected chi connectivity index (χ4v) is 1.45. The van der Waals surface area contributed by atoms with E-state index in [1.165, 1.54) is 0 Å². The Hall–Kier alpha value is -1.70. The number of nitrogen functional groups attached to an aromatic ring is 1. The van der Waals surface area contributed by atoms with Crippen LogP contribution in [0.3, 0.4) is 0 Å². The van der Waals surface area contributed by atoms with Crippen LogP contribution in [0.25, 0.3) is 0 Å². The molecule has 0 aromatic carbocycles. The molecule has 76 valence electrons. The predicted octanol–water partition coefficient (Wildman–Crippen LogP) is -1.78. The molecule has 1 amide bonds. The van der Waals surface area contributed by atoms with Crippen molar-refractivity contribution in [3.63, 3.8) is 0 Å². The summed E-state index contributed by atoms with van der Waals surface area (Å²) < 4.78 is 0. The largest absolute Gasteiger partial charge is 0.384 e. The number of aromatic amines is 2. The second-order valence-corrected chi connectivity index (χ2v) is 3.39. The quantitative estimate of drug-likeness (QED) is 0.443. The zero-order chi connectivity index (χ0) is 10.7. The third-order valence-electron chi connectivity index (χ3n) is 1.28. The summed E-state index contributed by atoms with van der Waals surface area (Å²) in [5.41, 5.74) is 8.93. The Morgan fingerprint density at radius 2 is 2.00 bits per heavy atom. The van der Waals surface area contributed by atoms with E-state index in [-0.39, 0.29) is 16.5 Å². The number of hydrogen-bond acceptors (Lipinski definition) is 5. The average molecular weight is 216 g/mol. The Bertz CT molecular complexity index is 463. The number of nitrogens with two attached hydrogens (primary N) is 2. The van der Waals surface area contributed by atoms with E-state index in [0.717, 1.165) is 11.8 Å². The van der Waals surface area contributed by atoms with E-state index in [2.05, 4.69) is 4.98 Å². The van der Waals surface area contributed by atoms with Gasteiger partial charge in [0.05, 0.1) is 5.75 Å². The molecule has 0 unspecified atom stereocenters. The number of amides is 1. The van der Waals surface area contributed by atoms with Crippen molar-refractivity contribution in [1.29, 1.82) is 0 Å². The minimum Gasteiger partial charge on any atom is -0.384 e. The first kappa shape index (κ1) is 10.4. The highest BCUT2D eigenvalue weighted by Crippen LogP contribution is 2.16. The lowest BCUT2D eigenvalue weighted by molar-refractivity contribution is -0.115. The van der Waals surface area contributed by atoms with Crippen LogP contribution in [-0.4, -0.2) is 21.6 Å². The van der Waals surface area contributed by atoms with E-state index < -0.39 is 17.2 Å². The average Bonchev–Trinajstić information content (AvgIpc) is 2.01. The van der Waals surface area contributed by atoms with E-state index in [0.29, 0.717) is 0 Å². The molecule has 0 aliphatic heterocycles. The maximum absolute atomic E-state index is 11.1. The number of hydrogen-bond donors (Lipinski definition) is 4. The lowest BCUT2D eigenvalue weighted by Gasteiger charge is -2.00. The molecule has 8 heteroatoms. The smallest absolute Gasteiger partial charge is 0.327 e. The first-order chi connectivity index (χ1) is 6.50. The number of aromatic nitrogens is 2. The van der Waals surface area contributed by atoms with Crippen LogP contribution in [0.5, 0.6) is 0 Å². The molecule has 0 fully saturated rings. The van der Waals surface area contributed by atoms with Crippen molar-refractivity contribution >= 4 is 23.5 Å². The molecule has 0 radical (unpaired) electrons. The van der Waals surface area contributed by atoms with Gasteiger partial charge in [-0.05, 0) is 0 Å². The van der Waals surface area contributed by atoms with Gasteiger partial charge in [0.15, 0.2) is 0 Å². The number of primary amides is 1. The first-order valence-corrected chi connectivity index (χ1v) is 4.52. The molecular weight excluding hydrogens is 208 g/mol. The van der Waals surface area contributed by atoms with Crippen molar-refractivity contribution in [3.8, 4) is 0 Å². The summed E-state index contributed by atoms with van der Waals surface area (Å²) in [5, 5.41) is 0. The lowest BCUT2D eigenvalue weighted by Crippen LogP contribution is -2.26. The molecule has 14 heavy (non-hydrogen) atoms. The Morgan fingerprint density at radius 1 is 1.36 bits per heavy atom. The van der Waals surface area contributed by atoms with Crippen LogP contribution in [0.1, 0.15) is 0 Å². The molecule has 0 saturated carbocycles. The van der Waals surface area contributed by atoms with Gasteiger partial charge >= 0.3 is 5.69 Å². The number of anilines is 1. The Labute approximate surface area is 81.9 Å². The predicted molar refractivity (Wildman–Crippen MR) is 52.0 cm³/mol. The minimum atomic E-state index is -0.684. The standard InChI is InChI=1S/C6H8N4O3S/c7-2(11)1-14-3-4(8)9-6(13)10-5(3)12/h1H2,(H2,7,11)(H4,8,9,10,12,13). The molecule has 1 aromatic heterocycles. The fourth-order valence-electron chi connectivity index (χ4n) is 0.779. The van der Waals surface area contributed by atoms with Crippen LogP contribution in [0.15, 0.2) is 14.5 Å². The SMILES string of the molecule is NC(=O)CSc1c(N)[nH]c(=O)[nH]c1=O. The van der Waals surface area contributed by atoms with Crippen LogP contribution < -0.4 is 22.7 Å². The van der Waals surface area contributed by atoms with Gasteiger partial charge in [-0.1, -0.05) is 0 Å². The molecule has 0 bridgehead atoms. The fraction of sp³-hybridized carbons (Fsp3) is 0.167. The first-order valence-electron chi connectivity index (χ1n) is 3.54. The van der Waals surface area contributed by atoms with Crippen LogP contribution >= 0.6 is 11.8 Å². The second kappa shape index (κ2) is 4.01. The molecule has 0 atom stereocenters. The Balaban J connectivity index is 3.03. The zero-order valence-corrected chi connectivity index (χ0v) is 7.81. The van der Waals surface area contributed by atoms with Crippen LogP contribution in [-0.2, 0) is 4.79 Å². The number of carbonyl (C=O) groups is 1. The maximum Gasteiger partial charge on any atom is 0.327 e. The van der Waals surface area contributed by atoms with Gasteiger partial charge in [-0.25, -0.2) is 4.79 Å². The molecule has 6 N–H and O–H groups in total. The summed E-state index contributed by atoms with van der Waals surface area (Å²) >= 11 is 0.877. The number of thioether (sulfide) groups is 1. The van der Waals surface area contributed by atoms with E-state index in [4.69, 9.17) is 11.5 Å². The summed E-state index contributed by atoms with van der Waals surface area (Å²) in [7, 11) is 0. The molecule has 0 aliphatic rings. The molecular formula is C6H8N4O3S. The van der Waals surface area contributed by atoms with E-state index in [9.17, 15) is 14.4 Å². The second-order valence-electron chi connectivity index (χ2n) is 2.41. The molecule has 1 aromatic rings.